The van der Waals surface area contributed by atoms with Crippen molar-refractivity contribution in [2.75, 3.05) is 31.6 Å². The van der Waals surface area contributed by atoms with E-state index in [0.29, 0.717) is 12.6 Å². The first-order valence-electron chi connectivity index (χ1n) is 6.44. The fraction of sp³-hybridized carbons (Fsp3) is 0.571. The van der Waals surface area contributed by atoms with Crippen molar-refractivity contribution in [2.45, 2.75) is 23.1 Å². The first-order chi connectivity index (χ1) is 8.74. The molecule has 4 heteroatoms. The van der Waals surface area contributed by atoms with Gasteiger partial charge in [0.1, 0.15) is 0 Å². The molecule has 1 aliphatic heterocycles. The SMILES string of the molecule is CSc1ccc(C(CN)N2CCSC(C)C2)cc1. The van der Waals surface area contributed by atoms with Crippen LogP contribution in [0.1, 0.15) is 18.5 Å². The zero-order chi connectivity index (χ0) is 13.0. The largest absolute Gasteiger partial charge is 0.329 e. The first-order valence-corrected chi connectivity index (χ1v) is 8.71. The molecule has 1 heterocycles. The summed E-state index contributed by atoms with van der Waals surface area (Å²) in [4.78, 5) is 3.85. The minimum atomic E-state index is 0.379. The maximum atomic E-state index is 6.00. The molecule has 2 nitrogen and oxygen atoms in total. The highest BCUT2D eigenvalue weighted by Gasteiger charge is 2.24. The summed E-state index contributed by atoms with van der Waals surface area (Å²) in [6.45, 7) is 5.31. The summed E-state index contributed by atoms with van der Waals surface area (Å²) in [5.41, 5.74) is 7.35. The van der Waals surface area contributed by atoms with Crippen LogP contribution in [-0.2, 0) is 0 Å². The van der Waals surface area contributed by atoms with E-state index in [1.54, 1.807) is 11.8 Å². The van der Waals surface area contributed by atoms with Crippen LogP contribution in [0.4, 0.5) is 0 Å². The topological polar surface area (TPSA) is 29.3 Å². The maximum absolute atomic E-state index is 6.00. The lowest BCUT2D eigenvalue weighted by Crippen LogP contribution is -2.42. The van der Waals surface area contributed by atoms with E-state index in [4.69, 9.17) is 5.73 Å². The zero-order valence-corrected chi connectivity index (χ0v) is 12.8. The highest BCUT2D eigenvalue weighted by atomic mass is 32.2. The predicted octanol–water partition coefficient (Wildman–Crippen LogP) is 2.85. The fourth-order valence-electron chi connectivity index (χ4n) is 2.45. The molecule has 1 aromatic carbocycles. The lowest BCUT2D eigenvalue weighted by molar-refractivity contribution is 0.211. The Kier molecular flexibility index (Phi) is 5.42. The van der Waals surface area contributed by atoms with E-state index in [2.05, 4.69) is 54.1 Å². The van der Waals surface area contributed by atoms with Gasteiger partial charge in [-0.15, -0.1) is 11.8 Å². The smallest absolute Gasteiger partial charge is 0.0471 e. The van der Waals surface area contributed by atoms with E-state index in [0.717, 1.165) is 18.3 Å². The van der Waals surface area contributed by atoms with Crippen molar-refractivity contribution in [3.05, 3.63) is 29.8 Å². The van der Waals surface area contributed by atoms with E-state index in [-0.39, 0.29) is 0 Å². The standard InChI is InChI=1S/C14H22N2S2/c1-11-10-16(7-8-18-11)14(9-15)12-3-5-13(17-2)6-4-12/h3-6,11,14H,7-10,15H2,1-2H3. The molecule has 18 heavy (non-hydrogen) atoms. The molecule has 0 amide bonds. The van der Waals surface area contributed by atoms with Gasteiger partial charge in [-0.3, -0.25) is 4.90 Å². The van der Waals surface area contributed by atoms with Gasteiger partial charge in [0.25, 0.3) is 0 Å². The van der Waals surface area contributed by atoms with E-state index in [9.17, 15) is 0 Å². The monoisotopic (exact) mass is 282 g/mol. The molecule has 1 aliphatic rings. The van der Waals surface area contributed by atoms with Crippen LogP contribution in [0.2, 0.25) is 0 Å². The van der Waals surface area contributed by atoms with Gasteiger partial charge < -0.3 is 5.73 Å². The van der Waals surface area contributed by atoms with Gasteiger partial charge in [0, 0.05) is 41.6 Å². The van der Waals surface area contributed by atoms with Gasteiger partial charge in [0.2, 0.25) is 0 Å². The summed E-state index contributed by atoms with van der Waals surface area (Å²) >= 11 is 3.85. The van der Waals surface area contributed by atoms with Gasteiger partial charge in [-0.25, -0.2) is 0 Å². The number of nitrogens with two attached hydrogens (primary N) is 1. The van der Waals surface area contributed by atoms with Crippen LogP contribution in [0, 0.1) is 0 Å². The second kappa shape index (κ2) is 6.85. The van der Waals surface area contributed by atoms with E-state index < -0.39 is 0 Å². The molecule has 1 fully saturated rings. The number of rotatable bonds is 4. The van der Waals surface area contributed by atoms with Gasteiger partial charge in [0.15, 0.2) is 0 Å². The van der Waals surface area contributed by atoms with Crippen LogP contribution in [0.25, 0.3) is 0 Å². The van der Waals surface area contributed by atoms with Crippen LogP contribution in [-0.4, -0.2) is 41.8 Å². The van der Waals surface area contributed by atoms with Crippen LogP contribution < -0.4 is 5.73 Å². The Morgan fingerprint density at radius 2 is 2.17 bits per heavy atom. The summed E-state index contributed by atoms with van der Waals surface area (Å²) < 4.78 is 0. The third-order valence-corrected chi connectivity index (χ3v) is 5.32. The molecule has 0 bridgehead atoms. The van der Waals surface area contributed by atoms with Crippen molar-refractivity contribution in [2.24, 2.45) is 5.73 Å². The van der Waals surface area contributed by atoms with Crippen molar-refractivity contribution >= 4 is 23.5 Å². The first kappa shape index (κ1) is 14.3. The lowest BCUT2D eigenvalue weighted by Gasteiger charge is -2.36. The third kappa shape index (κ3) is 3.44. The Morgan fingerprint density at radius 1 is 1.44 bits per heavy atom. The van der Waals surface area contributed by atoms with Gasteiger partial charge in [-0.05, 0) is 24.0 Å². The number of hydrogen-bond acceptors (Lipinski definition) is 4. The molecule has 2 rings (SSSR count). The minimum absolute atomic E-state index is 0.379. The molecule has 2 unspecified atom stereocenters. The van der Waals surface area contributed by atoms with Crippen molar-refractivity contribution in [1.29, 1.82) is 0 Å². The minimum Gasteiger partial charge on any atom is -0.329 e. The van der Waals surface area contributed by atoms with E-state index in [1.165, 1.54) is 16.2 Å². The molecular formula is C14H22N2S2. The van der Waals surface area contributed by atoms with Crippen LogP contribution >= 0.6 is 23.5 Å². The number of nitrogens with zero attached hydrogens (tertiary/aromatic N) is 1. The molecule has 1 aromatic rings. The lowest BCUT2D eigenvalue weighted by atomic mass is 10.1. The summed E-state index contributed by atoms with van der Waals surface area (Å²) in [7, 11) is 0. The maximum Gasteiger partial charge on any atom is 0.0471 e. The second-order valence-electron chi connectivity index (χ2n) is 4.70. The average molecular weight is 282 g/mol. The molecule has 1 saturated heterocycles. The summed E-state index contributed by atoms with van der Waals surface area (Å²) in [6.07, 6.45) is 2.11. The van der Waals surface area contributed by atoms with Crippen molar-refractivity contribution in [3.63, 3.8) is 0 Å². The van der Waals surface area contributed by atoms with Crippen molar-refractivity contribution in [1.82, 2.24) is 4.90 Å². The normalized spacial score (nSPS) is 22.9. The van der Waals surface area contributed by atoms with Crippen molar-refractivity contribution < 1.29 is 0 Å². The molecule has 2 atom stereocenters. The van der Waals surface area contributed by atoms with Crippen LogP contribution in [0.3, 0.4) is 0 Å². The van der Waals surface area contributed by atoms with Gasteiger partial charge >= 0.3 is 0 Å². The number of hydrogen-bond donors (Lipinski definition) is 1. The molecule has 100 valence electrons. The Labute approximate surface area is 119 Å². The zero-order valence-electron chi connectivity index (χ0n) is 11.1. The summed E-state index contributed by atoms with van der Waals surface area (Å²) in [5.74, 6) is 1.22. The van der Waals surface area contributed by atoms with E-state index >= 15 is 0 Å². The Hall–Kier alpha value is -0.160. The van der Waals surface area contributed by atoms with Crippen LogP contribution in [0.15, 0.2) is 29.2 Å². The molecule has 0 radical (unpaired) electrons. The van der Waals surface area contributed by atoms with Crippen molar-refractivity contribution in [3.8, 4) is 0 Å². The predicted molar refractivity (Wildman–Crippen MR) is 83.5 cm³/mol. The molecule has 0 spiro atoms. The number of benzene rings is 1. The number of thioether (sulfide) groups is 2. The molecular weight excluding hydrogens is 260 g/mol. The highest BCUT2D eigenvalue weighted by molar-refractivity contribution is 8.00. The third-order valence-electron chi connectivity index (χ3n) is 3.44. The second-order valence-corrected chi connectivity index (χ2v) is 7.13. The Bertz CT molecular complexity index is 367. The average Bonchev–Trinajstić information content (AvgIpc) is 2.40. The van der Waals surface area contributed by atoms with Gasteiger partial charge in [0.05, 0.1) is 0 Å². The van der Waals surface area contributed by atoms with Gasteiger partial charge in [-0.2, -0.15) is 11.8 Å². The molecule has 2 N–H and O–H groups in total. The van der Waals surface area contributed by atoms with E-state index in [1.807, 2.05) is 0 Å². The quantitative estimate of drug-likeness (QED) is 0.860. The Balaban J connectivity index is 2.11. The summed E-state index contributed by atoms with van der Waals surface area (Å²) in [5, 5.41) is 0.721. The molecule has 0 aromatic heterocycles. The molecule has 0 aliphatic carbocycles. The highest BCUT2D eigenvalue weighted by Crippen LogP contribution is 2.27. The van der Waals surface area contributed by atoms with Gasteiger partial charge in [-0.1, -0.05) is 19.1 Å². The fourth-order valence-corrected chi connectivity index (χ4v) is 3.90. The van der Waals surface area contributed by atoms with Crippen LogP contribution in [0.5, 0.6) is 0 Å². The summed E-state index contributed by atoms with van der Waals surface area (Å²) in [6, 6.07) is 9.24. The Morgan fingerprint density at radius 3 is 2.72 bits per heavy atom. The molecule has 0 saturated carbocycles.